The molecule has 0 aliphatic carbocycles. The Morgan fingerprint density at radius 3 is 1.35 bits per heavy atom. The molecule has 0 bridgehead atoms. The predicted molar refractivity (Wildman–Crippen MR) is 84.0 cm³/mol. The van der Waals surface area contributed by atoms with E-state index in [-0.39, 0.29) is 0 Å². The molecule has 0 aromatic carbocycles. The lowest BCUT2D eigenvalue weighted by Gasteiger charge is -2.32. The van der Waals surface area contributed by atoms with E-state index in [0.29, 0.717) is 22.0 Å². The normalized spacial score (nSPS) is 19.4. The van der Waals surface area contributed by atoms with Crippen LogP contribution in [-0.4, -0.2) is 42.1 Å². The second-order valence-electron chi connectivity index (χ2n) is 5.17. The van der Waals surface area contributed by atoms with E-state index in [9.17, 15) is 10.2 Å². The molecule has 0 radical (unpaired) electrons. The van der Waals surface area contributed by atoms with Crippen LogP contribution in [0.3, 0.4) is 0 Å². The van der Waals surface area contributed by atoms with Crippen LogP contribution in [0.1, 0.15) is 41.5 Å². The van der Waals surface area contributed by atoms with E-state index in [0.717, 1.165) is 0 Å². The summed E-state index contributed by atoms with van der Waals surface area (Å²) in [5, 5.41) is 21.5. The van der Waals surface area contributed by atoms with Gasteiger partial charge in [0.2, 0.25) is 0 Å². The van der Waals surface area contributed by atoms with E-state index in [1.54, 1.807) is 37.4 Å². The topological polar surface area (TPSA) is 40.5 Å². The second kappa shape index (κ2) is 7.53. The van der Waals surface area contributed by atoms with E-state index in [1.165, 1.54) is 11.8 Å². The minimum Gasteiger partial charge on any atom is -0.379 e. The van der Waals surface area contributed by atoms with Gasteiger partial charge < -0.3 is 10.2 Å². The van der Waals surface area contributed by atoms with Crippen LogP contribution in [0.15, 0.2) is 0 Å². The first-order chi connectivity index (χ1) is 7.54. The molecule has 5 heteroatoms. The quantitative estimate of drug-likeness (QED) is 0.672. The molecule has 17 heavy (non-hydrogen) atoms. The molecule has 0 rings (SSSR count). The summed E-state index contributed by atoms with van der Waals surface area (Å²) in [5.74, 6) is 1.27. The Bertz CT molecular complexity index is 194. The molecule has 0 spiro atoms. The molecule has 2 N–H and O–H groups in total. The third-order valence-corrected chi connectivity index (χ3v) is 6.13. The summed E-state index contributed by atoms with van der Waals surface area (Å²) in [6.45, 7) is 12.0. The fourth-order valence-corrected chi connectivity index (χ4v) is 4.29. The van der Waals surface area contributed by atoms with Gasteiger partial charge in [0.05, 0.1) is 0 Å². The molecule has 0 saturated carbocycles. The minimum absolute atomic E-state index is 0.497. The largest absolute Gasteiger partial charge is 0.379 e. The van der Waals surface area contributed by atoms with Crippen molar-refractivity contribution in [3.8, 4) is 0 Å². The van der Waals surface area contributed by atoms with Crippen molar-refractivity contribution in [1.82, 2.24) is 0 Å². The highest BCUT2D eigenvalue weighted by molar-refractivity contribution is 8.06. The zero-order valence-electron chi connectivity index (χ0n) is 11.7. The molecule has 0 heterocycles. The van der Waals surface area contributed by atoms with E-state index >= 15 is 0 Å². The van der Waals surface area contributed by atoms with Crippen LogP contribution < -0.4 is 0 Å². The van der Waals surface area contributed by atoms with Crippen molar-refractivity contribution in [3.63, 3.8) is 0 Å². The van der Waals surface area contributed by atoms with Crippen LogP contribution in [0, 0.1) is 0 Å². The lowest BCUT2D eigenvalue weighted by atomic mass is 10.4. The van der Waals surface area contributed by atoms with E-state index < -0.39 is 9.87 Å². The van der Waals surface area contributed by atoms with Gasteiger partial charge in [-0.3, -0.25) is 0 Å². The molecule has 0 aliphatic rings. The van der Waals surface area contributed by atoms with Crippen molar-refractivity contribution >= 4 is 35.3 Å². The van der Waals surface area contributed by atoms with Gasteiger partial charge in [-0.1, -0.05) is 39.5 Å². The van der Waals surface area contributed by atoms with Gasteiger partial charge in [0.15, 0.2) is 0 Å². The average Bonchev–Trinajstić information content (AvgIpc) is 2.10. The van der Waals surface area contributed by atoms with E-state index in [1.807, 2.05) is 0 Å². The summed E-state index contributed by atoms with van der Waals surface area (Å²) in [7, 11) is 0. The monoisotopic (exact) mass is 298 g/mol. The van der Waals surface area contributed by atoms with Crippen molar-refractivity contribution in [2.75, 3.05) is 11.5 Å². The SMILES string of the molecule is CC(C)SCC(C)(O)SC(C)(O)CSC(C)C. The number of hydrogen-bond acceptors (Lipinski definition) is 5. The Balaban J connectivity index is 4.17. The second-order valence-corrected chi connectivity index (χ2v) is 10.3. The Kier molecular flexibility index (Phi) is 7.96. The average molecular weight is 299 g/mol. The summed E-state index contributed by atoms with van der Waals surface area (Å²) in [6.07, 6.45) is 0. The maximum absolute atomic E-state index is 10.2. The van der Waals surface area contributed by atoms with Crippen molar-refractivity contribution in [2.24, 2.45) is 0 Å². The predicted octanol–water partition coefficient (Wildman–Crippen LogP) is 3.42. The molecule has 2 unspecified atom stereocenters. The fraction of sp³-hybridized carbons (Fsp3) is 1.00. The third-order valence-electron chi connectivity index (χ3n) is 1.81. The fourth-order valence-electron chi connectivity index (χ4n) is 1.18. The Morgan fingerprint density at radius 1 is 0.824 bits per heavy atom. The van der Waals surface area contributed by atoms with Crippen LogP contribution in [0.2, 0.25) is 0 Å². The lowest BCUT2D eigenvalue weighted by molar-refractivity contribution is 0.150. The highest BCUT2D eigenvalue weighted by atomic mass is 32.2. The Labute approximate surface area is 119 Å². The van der Waals surface area contributed by atoms with E-state index in [4.69, 9.17) is 0 Å². The molecule has 2 atom stereocenters. The lowest BCUT2D eigenvalue weighted by Crippen LogP contribution is -2.35. The van der Waals surface area contributed by atoms with Crippen molar-refractivity contribution in [1.29, 1.82) is 0 Å². The van der Waals surface area contributed by atoms with Crippen molar-refractivity contribution in [2.45, 2.75) is 61.9 Å². The highest BCUT2D eigenvalue weighted by Gasteiger charge is 2.33. The number of rotatable bonds is 8. The smallest absolute Gasteiger partial charge is 0.119 e. The van der Waals surface area contributed by atoms with Gasteiger partial charge in [-0.15, -0.1) is 0 Å². The molecule has 0 fully saturated rings. The van der Waals surface area contributed by atoms with E-state index in [2.05, 4.69) is 27.7 Å². The summed E-state index contributed by atoms with van der Waals surface area (Å²) in [6, 6.07) is 0. The van der Waals surface area contributed by atoms with Crippen LogP contribution in [0.4, 0.5) is 0 Å². The van der Waals surface area contributed by atoms with Crippen LogP contribution >= 0.6 is 35.3 Å². The summed E-state index contributed by atoms with van der Waals surface area (Å²) < 4.78 is 0. The maximum atomic E-state index is 10.2. The Morgan fingerprint density at radius 2 is 1.12 bits per heavy atom. The van der Waals surface area contributed by atoms with Crippen LogP contribution in [-0.2, 0) is 0 Å². The van der Waals surface area contributed by atoms with Crippen LogP contribution in [0.5, 0.6) is 0 Å². The van der Waals surface area contributed by atoms with Gasteiger partial charge in [0.25, 0.3) is 0 Å². The zero-order valence-corrected chi connectivity index (χ0v) is 14.1. The van der Waals surface area contributed by atoms with Gasteiger partial charge in [0.1, 0.15) is 9.87 Å². The zero-order chi connectivity index (χ0) is 13.7. The summed E-state index contributed by atoms with van der Waals surface area (Å²) in [5.41, 5.74) is 0. The van der Waals surface area contributed by atoms with Gasteiger partial charge in [-0.25, -0.2) is 0 Å². The van der Waals surface area contributed by atoms with Crippen molar-refractivity contribution < 1.29 is 10.2 Å². The molecular weight excluding hydrogens is 272 g/mol. The first kappa shape index (κ1) is 18.0. The molecule has 2 nitrogen and oxygen atoms in total. The molecule has 0 aliphatic heterocycles. The molecular formula is C12H26O2S3. The standard InChI is InChI=1S/C12H26O2S3/c1-9(2)15-7-11(5,13)17-12(6,14)8-16-10(3)4/h9-10,13-14H,7-8H2,1-6H3. The molecule has 0 amide bonds. The van der Waals surface area contributed by atoms with Gasteiger partial charge >= 0.3 is 0 Å². The first-order valence-electron chi connectivity index (χ1n) is 5.92. The molecule has 0 saturated heterocycles. The number of thioether (sulfide) groups is 3. The van der Waals surface area contributed by atoms with Crippen molar-refractivity contribution in [3.05, 3.63) is 0 Å². The molecule has 104 valence electrons. The number of hydrogen-bond donors (Lipinski definition) is 2. The minimum atomic E-state index is -0.879. The summed E-state index contributed by atoms with van der Waals surface area (Å²) >= 11 is 4.69. The van der Waals surface area contributed by atoms with Crippen LogP contribution in [0.25, 0.3) is 0 Å². The summed E-state index contributed by atoms with van der Waals surface area (Å²) in [4.78, 5) is -1.76. The maximum Gasteiger partial charge on any atom is 0.119 e. The molecule has 0 aromatic rings. The van der Waals surface area contributed by atoms with Gasteiger partial charge in [0, 0.05) is 11.5 Å². The third kappa shape index (κ3) is 10.6. The van der Waals surface area contributed by atoms with Gasteiger partial charge in [-0.2, -0.15) is 23.5 Å². The molecule has 0 aromatic heterocycles. The number of aliphatic hydroxyl groups is 2. The Hall–Kier alpha value is 0.970. The van der Waals surface area contributed by atoms with Gasteiger partial charge in [-0.05, 0) is 24.3 Å². The highest BCUT2D eigenvalue weighted by Crippen LogP contribution is 2.38. The first-order valence-corrected chi connectivity index (χ1v) is 8.83.